The van der Waals surface area contributed by atoms with Crippen molar-refractivity contribution >= 4 is 17.3 Å². The van der Waals surface area contributed by atoms with Crippen molar-refractivity contribution in [3.8, 4) is 0 Å². The predicted octanol–water partition coefficient (Wildman–Crippen LogP) is 2.80. The van der Waals surface area contributed by atoms with Crippen LogP contribution in [0.25, 0.3) is 0 Å². The van der Waals surface area contributed by atoms with Gasteiger partial charge in [-0.25, -0.2) is 4.98 Å². The zero-order chi connectivity index (χ0) is 19.7. The molecule has 6 nitrogen and oxygen atoms in total. The van der Waals surface area contributed by atoms with Gasteiger partial charge in [-0.2, -0.15) is 13.2 Å². The third kappa shape index (κ3) is 7.27. The summed E-state index contributed by atoms with van der Waals surface area (Å²) in [6, 6.07) is 0. The molecule has 154 valence electrons. The molecule has 1 aromatic rings. The molecule has 0 spiro atoms. The highest BCUT2D eigenvalue weighted by Gasteiger charge is 2.33. The van der Waals surface area contributed by atoms with Gasteiger partial charge in [0, 0.05) is 58.8 Å². The molecule has 0 aliphatic carbocycles. The molecule has 0 aromatic carbocycles. The SMILES string of the molecule is CN=C(NCCc1nc(C(F)(F)F)cs1)N1CCC(OCCCOC)CC1. The number of alkyl halides is 3. The number of halogens is 3. The van der Waals surface area contributed by atoms with E-state index in [4.69, 9.17) is 9.47 Å². The number of nitrogens with one attached hydrogen (secondary N) is 1. The van der Waals surface area contributed by atoms with E-state index in [1.807, 2.05) is 0 Å². The lowest BCUT2D eigenvalue weighted by Gasteiger charge is -2.34. The Balaban J connectivity index is 1.69. The Labute approximate surface area is 161 Å². The van der Waals surface area contributed by atoms with Gasteiger partial charge in [-0.05, 0) is 19.3 Å². The third-order valence-corrected chi connectivity index (χ3v) is 5.17. The van der Waals surface area contributed by atoms with Crippen molar-refractivity contribution in [2.45, 2.75) is 38.0 Å². The number of guanidine groups is 1. The van der Waals surface area contributed by atoms with E-state index >= 15 is 0 Å². The number of ether oxygens (including phenoxy) is 2. The smallest absolute Gasteiger partial charge is 0.385 e. The Bertz CT molecular complexity index is 587. The van der Waals surface area contributed by atoms with Gasteiger partial charge in [0.1, 0.15) is 0 Å². The van der Waals surface area contributed by atoms with Gasteiger partial charge in [-0.1, -0.05) is 0 Å². The van der Waals surface area contributed by atoms with Crippen LogP contribution in [-0.2, 0) is 22.1 Å². The lowest BCUT2D eigenvalue weighted by atomic mass is 10.1. The molecule has 1 N–H and O–H groups in total. The predicted molar refractivity (Wildman–Crippen MR) is 99.2 cm³/mol. The number of piperidine rings is 1. The first-order valence-electron chi connectivity index (χ1n) is 9.01. The zero-order valence-electron chi connectivity index (χ0n) is 15.7. The summed E-state index contributed by atoms with van der Waals surface area (Å²) in [7, 11) is 3.39. The van der Waals surface area contributed by atoms with Crippen molar-refractivity contribution in [1.82, 2.24) is 15.2 Å². The van der Waals surface area contributed by atoms with Crippen LogP contribution in [0.3, 0.4) is 0 Å². The highest BCUT2D eigenvalue weighted by Crippen LogP contribution is 2.30. The van der Waals surface area contributed by atoms with Crippen molar-refractivity contribution in [3.63, 3.8) is 0 Å². The molecule has 0 amide bonds. The molecule has 0 radical (unpaired) electrons. The topological polar surface area (TPSA) is 59.0 Å². The first kappa shape index (κ1) is 21.9. The Morgan fingerprint density at radius 1 is 1.37 bits per heavy atom. The lowest BCUT2D eigenvalue weighted by Crippen LogP contribution is -2.47. The van der Waals surface area contributed by atoms with Gasteiger partial charge in [-0.15, -0.1) is 11.3 Å². The summed E-state index contributed by atoms with van der Waals surface area (Å²) in [5.74, 6) is 0.764. The van der Waals surface area contributed by atoms with Crippen molar-refractivity contribution in [3.05, 3.63) is 16.1 Å². The van der Waals surface area contributed by atoms with Crippen LogP contribution in [0.15, 0.2) is 10.4 Å². The summed E-state index contributed by atoms with van der Waals surface area (Å²) in [5, 5.41) is 4.74. The largest absolute Gasteiger partial charge is 0.434 e. The average Bonchev–Trinajstić information content (AvgIpc) is 3.13. The highest BCUT2D eigenvalue weighted by molar-refractivity contribution is 7.09. The molecule has 10 heteroatoms. The van der Waals surface area contributed by atoms with Gasteiger partial charge in [0.05, 0.1) is 11.1 Å². The first-order valence-corrected chi connectivity index (χ1v) is 9.89. The second kappa shape index (κ2) is 10.8. The molecular formula is C17H27F3N4O2S. The van der Waals surface area contributed by atoms with Gasteiger partial charge in [0.25, 0.3) is 0 Å². The van der Waals surface area contributed by atoms with E-state index in [0.717, 1.165) is 55.0 Å². The number of nitrogens with zero attached hydrogens (tertiary/aromatic N) is 3. The maximum Gasteiger partial charge on any atom is 0.434 e. The number of rotatable bonds is 8. The summed E-state index contributed by atoms with van der Waals surface area (Å²) in [6.45, 7) is 3.58. The Morgan fingerprint density at radius 3 is 2.70 bits per heavy atom. The summed E-state index contributed by atoms with van der Waals surface area (Å²) in [5.41, 5.74) is -0.820. The molecule has 1 saturated heterocycles. The molecule has 0 saturated carbocycles. The summed E-state index contributed by atoms with van der Waals surface area (Å²) >= 11 is 1.03. The molecule has 2 heterocycles. The number of hydrogen-bond donors (Lipinski definition) is 1. The fraction of sp³-hybridized carbons (Fsp3) is 0.765. The van der Waals surface area contributed by atoms with Gasteiger partial charge < -0.3 is 19.7 Å². The van der Waals surface area contributed by atoms with Gasteiger partial charge in [0.15, 0.2) is 11.7 Å². The molecule has 0 unspecified atom stereocenters. The van der Waals surface area contributed by atoms with Crippen LogP contribution in [0.2, 0.25) is 0 Å². The van der Waals surface area contributed by atoms with Crippen LogP contribution in [-0.4, -0.2) is 69.0 Å². The number of likely N-dealkylation sites (tertiary alicyclic amines) is 1. The Kier molecular flexibility index (Phi) is 8.78. The molecule has 27 heavy (non-hydrogen) atoms. The molecule has 2 rings (SSSR count). The summed E-state index contributed by atoms with van der Waals surface area (Å²) < 4.78 is 48.6. The summed E-state index contributed by atoms with van der Waals surface area (Å²) in [6.07, 6.45) is -0.948. The van der Waals surface area contributed by atoms with Crippen molar-refractivity contribution in [2.75, 3.05) is 47.0 Å². The van der Waals surface area contributed by atoms with Gasteiger partial charge in [-0.3, -0.25) is 4.99 Å². The van der Waals surface area contributed by atoms with E-state index in [2.05, 4.69) is 20.2 Å². The van der Waals surface area contributed by atoms with E-state index in [1.54, 1.807) is 14.2 Å². The summed E-state index contributed by atoms with van der Waals surface area (Å²) in [4.78, 5) is 10.1. The van der Waals surface area contributed by atoms with Crippen LogP contribution in [0.5, 0.6) is 0 Å². The monoisotopic (exact) mass is 408 g/mol. The van der Waals surface area contributed by atoms with Gasteiger partial charge in [0.2, 0.25) is 0 Å². The number of methoxy groups -OCH3 is 1. The number of hydrogen-bond acceptors (Lipinski definition) is 5. The van der Waals surface area contributed by atoms with Crippen molar-refractivity contribution in [2.24, 2.45) is 4.99 Å². The quantitative estimate of drug-likeness (QED) is 0.407. The molecule has 1 aliphatic heterocycles. The van der Waals surface area contributed by atoms with Crippen LogP contribution in [0.4, 0.5) is 13.2 Å². The molecule has 0 atom stereocenters. The van der Waals surface area contributed by atoms with Crippen LogP contribution in [0, 0.1) is 0 Å². The van der Waals surface area contributed by atoms with E-state index in [0.29, 0.717) is 31.2 Å². The number of aliphatic imine (C=N–C) groups is 1. The minimum absolute atomic E-state index is 0.257. The minimum Gasteiger partial charge on any atom is -0.385 e. The maximum absolute atomic E-state index is 12.6. The second-order valence-corrected chi connectivity index (χ2v) is 7.19. The number of thiazole rings is 1. The van der Waals surface area contributed by atoms with E-state index in [9.17, 15) is 13.2 Å². The Morgan fingerprint density at radius 2 is 2.11 bits per heavy atom. The fourth-order valence-electron chi connectivity index (χ4n) is 2.86. The third-order valence-electron chi connectivity index (χ3n) is 4.26. The Hall–Kier alpha value is -1.39. The number of aromatic nitrogens is 1. The first-order chi connectivity index (χ1) is 12.9. The highest BCUT2D eigenvalue weighted by atomic mass is 32.1. The molecule has 0 bridgehead atoms. The zero-order valence-corrected chi connectivity index (χ0v) is 16.5. The normalized spacial score (nSPS) is 16.8. The second-order valence-electron chi connectivity index (χ2n) is 6.25. The molecule has 1 fully saturated rings. The average molecular weight is 408 g/mol. The molecule has 1 aromatic heterocycles. The van der Waals surface area contributed by atoms with Gasteiger partial charge >= 0.3 is 6.18 Å². The minimum atomic E-state index is -4.38. The standard InChI is InChI=1S/C17H27F3N4O2S/c1-21-16(22-7-4-15-23-14(12-27-15)17(18,19)20)24-8-5-13(6-9-24)26-11-3-10-25-2/h12-13H,3-11H2,1-2H3,(H,21,22). The van der Waals surface area contributed by atoms with E-state index < -0.39 is 11.9 Å². The van der Waals surface area contributed by atoms with E-state index in [-0.39, 0.29) is 6.10 Å². The molecule has 1 aliphatic rings. The lowest BCUT2D eigenvalue weighted by molar-refractivity contribution is -0.140. The van der Waals surface area contributed by atoms with Crippen LogP contribution < -0.4 is 5.32 Å². The van der Waals surface area contributed by atoms with Crippen molar-refractivity contribution < 1.29 is 22.6 Å². The van der Waals surface area contributed by atoms with Crippen LogP contribution in [0.1, 0.15) is 30.0 Å². The molecular weight excluding hydrogens is 381 g/mol. The van der Waals surface area contributed by atoms with Crippen molar-refractivity contribution in [1.29, 1.82) is 0 Å². The fourth-order valence-corrected chi connectivity index (χ4v) is 3.66. The van der Waals surface area contributed by atoms with Crippen LogP contribution >= 0.6 is 11.3 Å². The van der Waals surface area contributed by atoms with E-state index in [1.165, 1.54) is 0 Å². The maximum atomic E-state index is 12.6.